The molecule has 0 bridgehead atoms. The second-order valence-electron chi connectivity index (χ2n) is 4.70. The van der Waals surface area contributed by atoms with Gasteiger partial charge < -0.3 is 19.5 Å². The number of carboxylic acid groups (broad SMARTS) is 1. The van der Waals surface area contributed by atoms with E-state index in [1.165, 1.54) is 18.3 Å². The van der Waals surface area contributed by atoms with E-state index in [-0.39, 0.29) is 31.1 Å². The summed E-state index contributed by atoms with van der Waals surface area (Å²) in [6, 6.07) is 2.53. The molecule has 23 heavy (non-hydrogen) atoms. The van der Waals surface area contributed by atoms with Gasteiger partial charge in [0, 0.05) is 12.7 Å². The molecule has 1 atom stereocenters. The Bertz CT molecular complexity index is 593. The second-order valence-corrected chi connectivity index (χ2v) is 4.70. The van der Waals surface area contributed by atoms with Crippen molar-refractivity contribution >= 4 is 11.9 Å². The first kappa shape index (κ1) is 17.0. The van der Waals surface area contributed by atoms with E-state index in [4.69, 9.17) is 9.84 Å². The van der Waals surface area contributed by atoms with Crippen molar-refractivity contribution in [3.05, 3.63) is 24.0 Å². The lowest BCUT2D eigenvalue weighted by Gasteiger charge is -2.30. The van der Waals surface area contributed by atoms with E-state index in [1.807, 2.05) is 0 Å². The van der Waals surface area contributed by atoms with Crippen molar-refractivity contribution in [2.24, 2.45) is 0 Å². The first-order valence-corrected chi connectivity index (χ1v) is 6.56. The summed E-state index contributed by atoms with van der Waals surface area (Å²) in [5.41, 5.74) is -0.303. The molecule has 1 aliphatic heterocycles. The van der Waals surface area contributed by atoms with Crippen LogP contribution in [-0.4, -0.2) is 65.5 Å². The molecule has 1 saturated heterocycles. The third kappa shape index (κ3) is 4.55. The van der Waals surface area contributed by atoms with Crippen molar-refractivity contribution in [3.63, 3.8) is 0 Å². The second kappa shape index (κ2) is 6.82. The fourth-order valence-corrected chi connectivity index (χ4v) is 1.96. The van der Waals surface area contributed by atoms with Gasteiger partial charge in [-0.05, 0) is 12.1 Å². The third-order valence-electron chi connectivity index (χ3n) is 2.99. The maximum absolute atomic E-state index is 12.4. The smallest absolute Gasteiger partial charge is 0.422 e. The zero-order valence-corrected chi connectivity index (χ0v) is 11.7. The molecule has 1 aromatic heterocycles. The molecule has 1 aromatic rings. The molecule has 7 nitrogen and oxygen atoms in total. The Balaban J connectivity index is 2.14. The van der Waals surface area contributed by atoms with Gasteiger partial charge in [-0.2, -0.15) is 13.2 Å². The zero-order chi connectivity index (χ0) is 17.0. The summed E-state index contributed by atoms with van der Waals surface area (Å²) in [5.74, 6) is -2.25. The maximum atomic E-state index is 12.4. The number of aliphatic carboxylic acids is 1. The van der Waals surface area contributed by atoms with Gasteiger partial charge in [0.05, 0.1) is 13.2 Å². The van der Waals surface area contributed by atoms with Gasteiger partial charge in [-0.25, -0.2) is 9.78 Å². The van der Waals surface area contributed by atoms with Crippen LogP contribution in [-0.2, 0) is 9.53 Å². The minimum atomic E-state index is -4.55. The third-order valence-corrected chi connectivity index (χ3v) is 2.99. The number of aromatic nitrogens is 1. The van der Waals surface area contributed by atoms with E-state index >= 15 is 0 Å². The highest BCUT2D eigenvalue weighted by atomic mass is 19.4. The van der Waals surface area contributed by atoms with E-state index in [1.54, 1.807) is 0 Å². The Morgan fingerprint density at radius 3 is 2.87 bits per heavy atom. The Labute approximate surface area is 128 Å². The van der Waals surface area contributed by atoms with Gasteiger partial charge in [0.15, 0.2) is 24.2 Å². The molecule has 1 N–H and O–H groups in total. The number of amides is 1. The molecular formula is C13H13F3N2O5. The van der Waals surface area contributed by atoms with Gasteiger partial charge in [0.2, 0.25) is 0 Å². The van der Waals surface area contributed by atoms with Crippen molar-refractivity contribution in [2.45, 2.75) is 12.3 Å². The first-order chi connectivity index (χ1) is 10.8. The van der Waals surface area contributed by atoms with Crippen molar-refractivity contribution in [1.82, 2.24) is 9.88 Å². The van der Waals surface area contributed by atoms with E-state index in [9.17, 15) is 22.8 Å². The van der Waals surface area contributed by atoms with Crippen LogP contribution in [0, 0.1) is 0 Å². The molecule has 126 valence electrons. The summed E-state index contributed by atoms with van der Waals surface area (Å²) in [5, 5.41) is 8.91. The molecule has 1 amide bonds. The van der Waals surface area contributed by atoms with Crippen LogP contribution < -0.4 is 4.74 Å². The van der Waals surface area contributed by atoms with Crippen molar-refractivity contribution in [2.75, 3.05) is 26.3 Å². The van der Waals surface area contributed by atoms with E-state index in [2.05, 4.69) is 9.72 Å². The number of carbonyl (C=O) groups excluding carboxylic acids is 1. The molecular weight excluding hydrogens is 321 g/mol. The SMILES string of the molecule is O=C(O)C1CN(C(=O)c2ncccc2OCC(F)(F)F)CCO1. The summed E-state index contributed by atoms with van der Waals surface area (Å²) >= 11 is 0. The van der Waals surface area contributed by atoms with Gasteiger partial charge in [-0.1, -0.05) is 0 Å². The van der Waals surface area contributed by atoms with Gasteiger partial charge >= 0.3 is 12.1 Å². The average Bonchev–Trinajstić information content (AvgIpc) is 2.52. The van der Waals surface area contributed by atoms with Crippen molar-refractivity contribution in [1.29, 1.82) is 0 Å². The van der Waals surface area contributed by atoms with Crippen LogP contribution in [0.1, 0.15) is 10.5 Å². The normalized spacial score (nSPS) is 18.6. The minimum absolute atomic E-state index is 0.00822. The molecule has 0 spiro atoms. The van der Waals surface area contributed by atoms with Crippen LogP contribution in [0.4, 0.5) is 13.2 Å². The maximum Gasteiger partial charge on any atom is 0.422 e. The van der Waals surface area contributed by atoms with E-state index in [0.717, 1.165) is 4.90 Å². The number of ether oxygens (including phenoxy) is 2. The van der Waals surface area contributed by atoms with Crippen LogP contribution in [0.25, 0.3) is 0 Å². The summed E-state index contributed by atoms with van der Waals surface area (Å²) in [7, 11) is 0. The number of hydrogen-bond acceptors (Lipinski definition) is 5. The highest BCUT2D eigenvalue weighted by Crippen LogP contribution is 2.22. The number of hydrogen-bond donors (Lipinski definition) is 1. The van der Waals surface area contributed by atoms with Gasteiger partial charge in [0.25, 0.3) is 5.91 Å². The van der Waals surface area contributed by atoms with E-state index < -0.39 is 30.8 Å². The van der Waals surface area contributed by atoms with E-state index in [0.29, 0.717) is 0 Å². The molecule has 1 unspecified atom stereocenters. The number of pyridine rings is 1. The molecule has 0 aromatic carbocycles. The predicted octanol–water partition coefficient (Wildman–Crippen LogP) is 0.948. The van der Waals surface area contributed by atoms with Gasteiger partial charge in [-0.3, -0.25) is 4.79 Å². The number of carbonyl (C=O) groups is 2. The molecule has 0 saturated carbocycles. The Morgan fingerprint density at radius 1 is 1.48 bits per heavy atom. The number of alkyl halides is 3. The van der Waals surface area contributed by atoms with Crippen LogP contribution in [0.3, 0.4) is 0 Å². The number of halogens is 3. The summed E-state index contributed by atoms with van der Waals surface area (Å²) < 4.78 is 46.3. The monoisotopic (exact) mass is 334 g/mol. The van der Waals surface area contributed by atoms with Gasteiger partial charge in [-0.15, -0.1) is 0 Å². The first-order valence-electron chi connectivity index (χ1n) is 6.56. The van der Waals surface area contributed by atoms with Crippen molar-refractivity contribution < 1.29 is 37.3 Å². The molecule has 0 aliphatic carbocycles. The Morgan fingerprint density at radius 2 is 2.22 bits per heavy atom. The lowest BCUT2D eigenvalue weighted by atomic mass is 10.2. The standard InChI is InChI=1S/C13H13F3N2O5/c14-13(15,16)7-23-8-2-1-3-17-10(8)11(19)18-4-5-22-9(6-18)12(20)21/h1-3,9H,4-7H2,(H,20,21). The molecule has 1 aliphatic rings. The molecule has 10 heteroatoms. The number of carboxylic acids is 1. The quantitative estimate of drug-likeness (QED) is 0.882. The summed E-state index contributed by atoms with van der Waals surface area (Å²) in [6.07, 6.45) is -4.50. The minimum Gasteiger partial charge on any atom is -0.482 e. The number of rotatable bonds is 4. The Hall–Kier alpha value is -2.36. The zero-order valence-electron chi connectivity index (χ0n) is 11.7. The fraction of sp³-hybridized carbons (Fsp3) is 0.462. The van der Waals surface area contributed by atoms with Crippen LogP contribution in [0.5, 0.6) is 5.75 Å². The molecule has 1 fully saturated rings. The fourth-order valence-electron chi connectivity index (χ4n) is 1.96. The Kier molecular flexibility index (Phi) is 5.04. The van der Waals surface area contributed by atoms with Crippen molar-refractivity contribution in [3.8, 4) is 5.75 Å². The lowest BCUT2D eigenvalue weighted by molar-refractivity contribution is -0.155. The topological polar surface area (TPSA) is 89.0 Å². The molecule has 2 rings (SSSR count). The average molecular weight is 334 g/mol. The van der Waals surface area contributed by atoms with Crippen LogP contribution in [0.15, 0.2) is 18.3 Å². The number of morpholine rings is 1. The highest BCUT2D eigenvalue weighted by molar-refractivity contribution is 5.95. The summed E-state index contributed by atoms with van der Waals surface area (Å²) in [4.78, 5) is 28.2. The molecule has 0 radical (unpaired) electrons. The largest absolute Gasteiger partial charge is 0.482 e. The van der Waals surface area contributed by atoms with Crippen LogP contribution in [0.2, 0.25) is 0 Å². The highest BCUT2D eigenvalue weighted by Gasteiger charge is 2.33. The summed E-state index contributed by atoms with van der Waals surface area (Å²) in [6.45, 7) is -1.66. The number of nitrogens with zero attached hydrogens (tertiary/aromatic N) is 2. The van der Waals surface area contributed by atoms with Crippen LogP contribution >= 0.6 is 0 Å². The lowest BCUT2D eigenvalue weighted by Crippen LogP contribution is -2.48. The predicted molar refractivity (Wildman–Crippen MR) is 69.1 cm³/mol. The molecule has 2 heterocycles. The van der Waals surface area contributed by atoms with Gasteiger partial charge in [0.1, 0.15) is 0 Å².